The van der Waals surface area contributed by atoms with Gasteiger partial charge < -0.3 is 28.4 Å². The van der Waals surface area contributed by atoms with Gasteiger partial charge in [-0.15, -0.1) is 0 Å². The lowest BCUT2D eigenvalue weighted by atomic mass is 9.87. The van der Waals surface area contributed by atoms with Gasteiger partial charge in [-0.05, 0) is 37.8 Å². The Kier molecular flexibility index (Phi) is 17.6. The standard InChI is InChI=1S/C32H50BrF3O7/c1-6-10-16-38-21-26-28(39-17-11-7-2)29(40-18-12-8-3)30(41-19-13-9-4)31(43-26)27(42-22(5)37)24-15-14-23(33)20-25(24)32(34,35)36/h14-15,20,26-31H,6-13,16-19,21H2,1-5H3/t26?,27-,28+,29-,30?,31+/m0/s1. The minimum Gasteiger partial charge on any atom is -0.455 e. The average Bonchev–Trinajstić information content (AvgIpc) is 2.95. The molecule has 248 valence electrons. The van der Waals surface area contributed by atoms with E-state index < -0.39 is 54.3 Å². The van der Waals surface area contributed by atoms with Crippen molar-refractivity contribution in [1.29, 1.82) is 0 Å². The van der Waals surface area contributed by atoms with Crippen LogP contribution in [0, 0.1) is 0 Å². The summed E-state index contributed by atoms with van der Waals surface area (Å²) in [5, 5.41) is 0. The zero-order valence-corrected chi connectivity index (χ0v) is 27.8. The smallest absolute Gasteiger partial charge is 0.416 e. The van der Waals surface area contributed by atoms with E-state index in [4.69, 9.17) is 28.4 Å². The molecular formula is C32H50BrF3O7. The van der Waals surface area contributed by atoms with Gasteiger partial charge in [-0.2, -0.15) is 13.2 Å². The fourth-order valence-corrected chi connectivity index (χ4v) is 5.31. The first kappa shape index (κ1) is 37.9. The Hall–Kier alpha value is -1.24. The molecule has 1 aromatic rings. The molecule has 7 nitrogen and oxygen atoms in total. The molecule has 43 heavy (non-hydrogen) atoms. The Labute approximate surface area is 263 Å². The number of alkyl halides is 3. The van der Waals surface area contributed by atoms with Gasteiger partial charge in [0.1, 0.15) is 30.5 Å². The first-order chi connectivity index (χ1) is 20.6. The number of unbranched alkanes of at least 4 members (excludes halogenated alkanes) is 4. The maximum atomic E-state index is 14.4. The molecule has 0 spiro atoms. The summed E-state index contributed by atoms with van der Waals surface area (Å²) in [6.45, 7) is 11.2. The molecule has 0 amide bonds. The number of carbonyl (C=O) groups excluding carboxylic acids is 1. The van der Waals surface area contributed by atoms with E-state index in [2.05, 4.69) is 29.8 Å². The van der Waals surface area contributed by atoms with Crippen LogP contribution in [0.25, 0.3) is 0 Å². The van der Waals surface area contributed by atoms with Gasteiger partial charge in [-0.3, -0.25) is 4.79 Å². The molecule has 2 rings (SSSR count). The van der Waals surface area contributed by atoms with Crippen LogP contribution in [0.1, 0.15) is 103 Å². The number of hydrogen-bond donors (Lipinski definition) is 0. The predicted octanol–water partition coefficient (Wildman–Crippen LogP) is 8.21. The molecule has 0 N–H and O–H groups in total. The zero-order chi connectivity index (χ0) is 31.8. The largest absolute Gasteiger partial charge is 0.455 e. The van der Waals surface area contributed by atoms with E-state index in [-0.39, 0.29) is 16.6 Å². The van der Waals surface area contributed by atoms with Crippen LogP contribution in [0.5, 0.6) is 0 Å². The van der Waals surface area contributed by atoms with E-state index in [1.807, 2.05) is 13.8 Å². The highest BCUT2D eigenvalue weighted by Gasteiger charge is 2.53. The molecule has 11 heteroatoms. The zero-order valence-electron chi connectivity index (χ0n) is 26.3. The minimum atomic E-state index is -4.71. The van der Waals surface area contributed by atoms with E-state index in [1.165, 1.54) is 19.1 Å². The van der Waals surface area contributed by atoms with Crippen LogP contribution >= 0.6 is 15.9 Å². The van der Waals surface area contributed by atoms with Crippen LogP contribution in [-0.2, 0) is 39.4 Å². The Morgan fingerprint density at radius 3 is 1.93 bits per heavy atom. The molecule has 1 fully saturated rings. The van der Waals surface area contributed by atoms with E-state index in [9.17, 15) is 18.0 Å². The van der Waals surface area contributed by atoms with Gasteiger partial charge >= 0.3 is 12.1 Å². The fourth-order valence-electron chi connectivity index (χ4n) is 4.95. The van der Waals surface area contributed by atoms with Gasteiger partial charge in [0.15, 0.2) is 6.10 Å². The molecule has 1 heterocycles. The molecule has 0 aromatic heterocycles. The second-order valence-electron chi connectivity index (χ2n) is 10.9. The van der Waals surface area contributed by atoms with E-state index in [1.54, 1.807) is 0 Å². The van der Waals surface area contributed by atoms with E-state index >= 15 is 0 Å². The molecular weight excluding hydrogens is 633 g/mol. The molecule has 1 aromatic carbocycles. The van der Waals surface area contributed by atoms with Crippen molar-refractivity contribution in [2.24, 2.45) is 0 Å². The molecule has 0 aliphatic carbocycles. The molecule has 6 atom stereocenters. The third-order valence-electron chi connectivity index (χ3n) is 7.24. The quantitative estimate of drug-likeness (QED) is 0.101. The van der Waals surface area contributed by atoms with Crippen molar-refractivity contribution < 1.29 is 46.4 Å². The lowest BCUT2D eigenvalue weighted by Gasteiger charge is -2.48. The SMILES string of the molecule is CCCCOCC1O[C@H]([C@@H](OC(C)=O)c2ccc(Br)cc2C(F)(F)F)C(OCCCC)[C@@H](OCCCC)[C@@H]1OCCCC. The second kappa shape index (κ2) is 20.0. The number of ether oxygens (including phenoxy) is 6. The van der Waals surface area contributed by atoms with E-state index in [0.29, 0.717) is 26.4 Å². The highest BCUT2D eigenvalue weighted by Crippen LogP contribution is 2.43. The van der Waals surface area contributed by atoms with Crippen molar-refractivity contribution in [3.63, 3.8) is 0 Å². The number of carbonyl (C=O) groups is 1. The van der Waals surface area contributed by atoms with Crippen molar-refractivity contribution in [2.45, 2.75) is 129 Å². The first-order valence-corrected chi connectivity index (χ1v) is 16.5. The fraction of sp³-hybridized carbons (Fsp3) is 0.781. The monoisotopic (exact) mass is 682 g/mol. The summed E-state index contributed by atoms with van der Waals surface area (Å²) in [6, 6.07) is 3.80. The molecule has 0 bridgehead atoms. The number of hydrogen-bond acceptors (Lipinski definition) is 7. The average molecular weight is 684 g/mol. The lowest BCUT2D eigenvalue weighted by Crippen LogP contribution is -2.63. The van der Waals surface area contributed by atoms with Gasteiger partial charge in [0, 0.05) is 43.4 Å². The van der Waals surface area contributed by atoms with Gasteiger partial charge in [-0.1, -0.05) is 75.4 Å². The lowest BCUT2D eigenvalue weighted by molar-refractivity contribution is -0.283. The number of rotatable bonds is 20. The summed E-state index contributed by atoms with van der Waals surface area (Å²) in [4.78, 5) is 12.4. The van der Waals surface area contributed by atoms with Crippen LogP contribution in [-0.4, -0.2) is 69.5 Å². The van der Waals surface area contributed by atoms with Crippen molar-refractivity contribution in [2.75, 3.05) is 33.0 Å². The Balaban J connectivity index is 2.68. The van der Waals surface area contributed by atoms with Crippen LogP contribution < -0.4 is 0 Å². The topological polar surface area (TPSA) is 72.5 Å². The maximum absolute atomic E-state index is 14.4. The molecule has 1 saturated heterocycles. The van der Waals surface area contributed by atoms with Crippen LogP contribution in [0.3, 0.4) is 0 Å². The summed E-state index contributed by atoms with van der Waals surface area (Å²) in [5.41, 5.74) is -1.15. The Morgan fingerprint density at radius 1 is 0.860 bits per heavy atom. The number of benzene rings is 1. The van der Waals surface area contributed by atoms with Crippen molar-refractivity contribution in [3.05, 3.63) is 33.8 Å². The molecule has 0 radical (unpaired) electrons. The Morgan fingerprint density at radius 2 is 1.40 bits per heavy atom. The first-order valence-electron chi connectivity index (χ1n) is 15.7. The number of esters is 1. The normalized spacial score (nSPS) is 23.3. The minimum absolute atomic E-state index is 0.141. The summed E-state index contributed by atoms with van der Waals surface area (Å²) in [7, 11) is 0. The molecule has 1 aliphatic heterocycles. The predicted molar refractivity (Wildman–Crippen MR) is 162 cm³/mol. The highest BCUT2D eigenvalue weighted by atomic mass is 79.9. The third-order valence-corrected chi connectivity index (χ3v) is 7.73. The summed E-state index contributed by atoms with van der Waals surface area (Å²) in [6.07, 6.45) is -3.36. The van der Waals surface area contributed by atoms with Crippen LogP contribution in [0.2, 0.25) is 0 Å². The van der Waals surface area contributed by atoms with Gasteiger partial charge in [0.2, 0.25) is 0 Å². The van der Waals surface area contributed by atoms with Crippen LogP contribution in [0.15, 0.2) is 22.7 Å². The maximum Gasteiger partial charge on any atom is 0.416 e. The van der Waals surface area contributed by atoms with Crippen molar-refractivity contribution in [3.8, 4) is 0 Å². The van der Waals surface area contributed by atoms with Gasteiger partial charge in [0.25, 0.3) is 0 Å². The van der Waals surface area contributed by atoms with E-state index in [0.717, 1.165) is 57.4 Å². The molecule has 2 unspecified atom stereocenters. The van der Waals surface area contributed by atoms with Gasteiger partial charge in [-0.25, -0.2) is 0 Å². The molecule has 1 aliphatic rings. The second-order valence-corrected chi connectivity index (χ2v) is 11.8. The summed E-state index contributed by atoms with van der Waals surface area (Å²) >= 11 is 3.16. The van der Waals surface area contributed by atoms with Crippen molar-refractivity contribution in [1.82, 2.24) is 0 Å². The summed E-state index contributed by atoms with van der Waals surface area (Å²) < 4.78 is 80.8. The van der Waals surface area contributed by atoms with Crippen molar-refractivity contribution >= 4 is 21.9 Å². The van der Waals surface area contributed by atoms with Crippen LogP contribution in [0.4, 0.5) is 13.2 Å². The van der Waals surface area contributed by atoms with Gasteiger partial charge in [0.05, 0.1) is 12.2 Å². The third kappa shape index (κ3) is 12.2. The highest BCUT2D eigenvalue weighted by molar-refractivity contribution is 9.10. The Bertz CT molecular complexity index is 933. The summed E-state index contributed by atoms with van der Waals surface area (Å²) in [5.74, 6) is -0.738. The molecule has 0 saturated carbocycles. The number of halogens is 4.